The van der Waals surface area contributed by atoms with Gasteiger partial charge in [-0.3, -0.25) is 9.80 Å². The van der Waals surface area contributed by atoms with E-state index in [2.05, 4.69) is 54.0 Å². The summed E-state index contributed by atoms with van der Waals surface area (Å²) in [5.41, 5.74) is 1.49. The average Bonchev–Trinajstić information content (AvgIpc) is 2.92. The molecule has 0 amide bonds. The zero-order valence-electron chi connectivity index (χ0n) is 17.0. The van der Waals surface area contributed by atoms with Crippen molar-refractivity contribution in [2.75, 3.05) is 13.1 Å². The number of halogens is 1. The number of rotatable bonds is 13. The summed E-state index contributed by atoms with van der Waals surface area (Å²) in [6.07, 6.45) is 14.4. The SMILES string of the molecule is CCCCCCCCCCCCN1CC(Cl)N(Cc2ccccc2)C1C. The monoisotopic (exact) mass is 378 g/mol. The molecule has 2 atom stereocenters. The van der Waals surface area contributed by atoms with Crippen LogP contribution in [0.1, 0.15) is 83.6 Å². The molecule has 2 nitrogen and oxygen atoms in total. The first kappa shape index (κ1) is 21.7. The Morgan fingerprint density at radius 1 is 0.885 bits per heavy atom. The van der Waals surface area contributed by atoms with Gasteiger partial charge in [0.1, 0.15) is 0 Å². The molecule has 3 heteroatoms. The molecule has 1 aliphatic heterocycles. The number of nitrogens with zero attached hydrogens (tertiary/aromatic N) is 2. The van der Waals surface area contributed by atoms with Crippen molar-refractivity contribution in [1.29, 1.82) is 0 Å². The van der Waals surface area contributed by atoms with Crippen LogP contribution in [0.4, 0.5) is 0 Å². The maximum Gasteiger partial charge on any atom is 0.0994 e. The smallest absolute Gasteiger partial charge is 0.0994 e. The van der Waals surface area contributed by atoms with Crippen molar-refractivity contribution >= 4 is 11.6 Å². The molecule has 0 saturated carbocycles. The lowest BCUT2D eigenvalue weighted by Gasteiger charge is -2.27. The highest BCUT2D eigenvalue weighted by Gasteiger charge is 2.34. The quantitative estimate of drug-likeness (QED) is 0.216. The van der Waals surface area contributed by atoms with Crippen molar-refractivity contribution in [2.24, 2.45) is 0 Å². The van der Waals surface area contributed by atoms with Crippen molar-refractivity contribution in [1.82, 2.24) is 9.80 Å². The molecule has 1 saturated heterocycles. The third-order valence-electron chi connectivity index (χ3n) is 5.76. The Bertz CT molecular complexity index is 465. The highest BCUT2D eigenvalue weighted by Crippen LogP contribution is 2.25. The standard InChI is InChI=1S/C23H39ClN2/c1-3-4-5-6-7-8-9-10-11-15-18-25-20-23(24)26(21(25)2)19-22-16-13-12-14-17-22/h12-14,16-17,21,23H,3-11,15,18-20H2,1-2H3. The number of alkyl halides is 1. The molecule has 1 fully saturated rings. The predicted molar refractivity (Wildman–Crippen MR) is 115 cm³/mol. The van der Waals surface area contributed by atoms with Gasteiger partial charge in [0.15, 0.2) is 0 Å². The molecular weight excluding hydrogens is 340 g/mol. The van der Waals surface area contributed by atoms with Gasteiger partial charge in [0.05, 0.1) is 11.7 Å². The summed E-state index contributed by atoms with van der Waals surface area (Å²) in [5.74, 6) is 0. The Hall–Kier alpha value is -0.570. The van der Waals surface area contributed by atoms with Crippen LogP contribution in [0.25, 0.3) is 0 Å². The van der Waals surface area contributed by atoms with E-state index >= 15 is 0 Å². The van der Waals surface area contributed by atoms with Gasteiger partial charge in [-0.1, -0.05) is 95.0 Å². The summed E-state index contributed by atoms with van der Waals surface area (Å²) in [7, 11) is 0. The van der Waals surface area contributed by atoms with Crippen LogP contribution in [-0.2, 0) is 6.54 Å². The van der Waals surface area contributed by atoms with Crippen LogP contribution in [0, 0.1) is 0 Å². The number of hydrogen-bond acceptors (Lipinski definition) is 2. The fourth-order valence-electron chi connectivity index (χ4n) is 4.00. The van der Waals surface area contributed by atoms with E-state index in [0.29, 0.717) is 6.17 Å². The van der Waals surface area contributed by atoms with Gasteiger partial charge in [-0.25, -0.2) is 0 Å². The minimum Gasteiger partial charge on any atom is -0.285 e. The van der Waals surface area contributed by atoms with Crippen LogP contribution in [0.15, 0.2) is 30.3 Å². The molecule has 26 heavy (non-hydrogen) atoms. The van der Waals surface area contributed by atoms with E-state index in [1.807, 2.05) is 0 Å². The molecule has 0 aliphatic carbocycles. The van der Waals surface area contributed by atoms with E-state index in [4.69, 9.17) is 11.6 Å². The molecular formula is C23H39ClN2. The Labute approximate surface area is 166 Å². The van der Waals surface area contributed by atoms with Crippen molar-refractivity contribution in [3.63, 3.8) is 0 Å². The fourth-order valence-corrected chi connectivity index (χ4v) is 4.41. The van der Waals surface area contributed by atoms with Gasteiger partial charge in [0.25, 0.3) is 0 Å². The molecule has 1 aromatic rings. The largest absolute Gasteiger partial charge is 0.285 e. The van der Waals surface area contributed by atoms with Gasteiger partial charge >= 0.3 is 0 Å². The molecule has 2 unspecified atom stereocenters. The molecule has 0 N–H and O–H groups in total. The summed E-state index contributed by atoms with van der Waals surface area (Å²) >= 11 is 6.64. The number of hydrogen-bond donors (Lipinski definition) is 0. The normalized spacial score (nSPS) is 21.5. The van der Waals surface area contributed by atoms with Gasteiger partial charge in [0, 0.05) is 13.1 Å². The maximum atomic E-state index is 6.64. The highest BCUT2D eigenvalue weighted by molar-refractivity contribution is 6.20. The van der Waals surface area contributed by atoms with Crippen LogP contribution in [0.3, 0.4) is 0 Å². The second kappa shape index (κ2) is 12.8. The van der Waals surface area contributed by atoms with Crippen LogP contribution in [0.5, 0.6) is 0 Å². The Morgan fingerprint density at radius 2 is 1.46 bits per heavy atom. The summed E-state index contributed by atoms with van der Waals surface area (Å²) in [4.78, 5) is 4.98. The van der Waals surface area contributed by atoms with E-state index in [-0.39, 0.29) is 5.50 Å². The fraction of sp³-hybridized carbons (Fsp3) is 0.739. The van der Waals surface area contributed by atoms with E-state index in [1.54, 1.807) is 0 Å². The minimum absolute atomic E-state index is 0.133. The van der Waals surface area contributed by atoms with Gasteiger partial charge in [-0.15, -0.1) is 11.6 Å². The summed E-state index contributed by atoms with van der Waals surface area (Å²) in [6.45, 7) is 7.72. The van der Waals surface area contributed by atoms with Crippen molar-refractivity contribution in [2.45, 2.75) is 96.3 Å². The third kappa shape index (κ3) is 7.58. The van der Waals surface area contributed by atoms with Crippen molar-refractivity contribution in [3.05, 3.63) is 35.9 Å². The zero-order valence-corrected chi connectivity index (χ0v) is 17.8. The Morgan fingerprint density at radius 3 is 2.08 bits per heavy atom. The van der Waals surface area contributed by atoms with Crippen LogP contribution in [0.2, 0.25) is 0 Å². The van der Waals surface area contributed by atoms with E-state index in [1.165, 1.54) is 76.3 Å². The minimum atomic E-state index is 0.133. The first-order chi connectivity index (χ1) is 12.7. The van der Waals surface area contributed by atoms with Crippen molar-refractivity contribution in [3.8, 4) is 0 Å². The summed E-state index contributed by atoms with van der Waals surface area (Å²) in [5, 5.41) is 0. The molecule has 0 radical (unpaired) electrons. The van der Waals surface area contributed by atoms with Crippen LogP contribution in [-0.4, -0.2) is 34.6 Å². The first-order valence-corrected chi connectivity index (χ1v) is 11.3. The molecule has 1 aromatic carbocycles. The predicted octanol–water partition coefficient (Wildman–Crippen LogP) is 6.64. The third-order valence-corrected chi connectivity index (χ3v) is 6.15. The second-order valence-corrected chi connectivity index (χ2v) is 8.40. The maximum absolute atomic E-state index is 6.64. The Kier molecular flexibility index (Phi) is 10.7. The molecule has 0 spiro atoms. The van der Waals surface area contributed by atoms with E-state index < -0.39 is 0 Å². The lowest BCUT2D eigenvalue weighted by molar-refractivity contribution is 0.140. The van der Waals surface area contributed by atoms with Gasteiger partial charge in [-0.05, 0) is 25.5 Å². The summed E-state index contributed by atoms with van der Waals surface area (Å²) < 4.78 is 0. The molecule has 2 rings (SSSR count). The van der Waals surface area contributed by atoms with Gasteiger partial charge in [0.2, 0.25) is 0 Å². The van der Waals surface area contributed by atoms with Crippen LogP contribution < -0.4 is 0 Å². The molecule has 0 aromatic heterocycles. The Balaban J connectivity index is 1.56. The molecule has 1 aliphatic rings. The first-order valence-electron chi connectivity index (χ1n) is 10.9. The lowest BCUT2D eigenvalue weighted by Crippen LogP contribution is -2.37. The summed E-state index contributed by atoms with van der Waals surface area (Å²) in [6, 6.07) is 10.7. The van der Waals surface area contributed by atoms with E-state index in [0.717, 1.165) is 13.1 Å². The topological polar surface area (TPSA) is 6.48 Å². The highest BCUT2D eigenvalue weighted by atomic mass is 35.5. The number of unbranched alkanes of at least 4 members (excludes halogenated alkanes) is 9. The molecule has 1 heterocycles. The van der Waals surface area contributed by atoms with Crippen LogP contribution >= 0.6 is 11.6 Å². The molecule has 0 bridgehead atoms. The van der Waals surface area contributed by atoms with Gasteiger partial charge < -0.3 is 0 Å². The lowest BCUT2D eigenvalue weighted by atomic mass is 10.1. The molecule has 148 valence electrons. The van der Waals surface area contributed by atoms with Crippen molar-refractivity contribution < 1.29 is 0 Å². The van der Waals surface area contributed by atoms with E-state index in [9.17, 15) is 0 Å². The zero-order chi connectivity index (χ0) is 18.6. The number of benzene rings is 1. The average molecular weight is 379 g/mol. The second-order valence-electron chi connectivity index (χ2n) is 7.90. The van der Waals surface area contributed by atoms with Gasteiger partial charge in [-0.2, -0.15) is 0 Å².